The van der Waals surface area contributed by atoms with E-state index in [1.165, 1.54) is 6.33 Å². The van der Waals surface area contributed by atoms with Gasteiger partial charge in [0, 0.05) is 18.7 Å². The molecule has 5 N–H and O–H groups in total. The van der Waals surface area contributed by atoms with Crippen molar-refractivity contribution in [1.82, 2.24) is 9.97 Å². The molecule has 1 aromatic heterocycles. The zero-order valence-corrected chi connectivity index (χ0v) is 10.2. The van der Waals surface area contributed by atoms with Crippen LogP contribution >= 0.6 is 0 Å². The second-order valence-electron chi connectivity index (χ2n) is 3.90. The molecule has 0 saturated carbocycles. The Hall–Kier alpha value is -1.40. The third kappa shape index (κ3) is 4.54. The van der Waals surface area contributed by atoms with E-state index in [-0.39, 0.29) is 6.61 Å². The van der Waals surface area contributed by atoms with E-state index < -0.39 is 0 Å². The number of aliphatic hydroxyl groups is 1. The molecular weight excluding hydrogens is 218 g/mol. The number of aromatic nitrogens is 2. The van der Waals surface area contributed by atoms with Crippen LogP contribution in [0.3, 0.4) is 0 Å². The molecule has 0 amide bonds. The van der Waals surface area contributed by atoms with Gasteiger partial charge in [-0.25, -0.2) is 15.8 Å². The predicted molar refractivity (Wildman–Crippen MR) is 68.6 cm³/mol. The normalized spacial score (nSPS) is 10.3. The number of hydrogen-bond acceptors (Lipinski definition) is 6. The number of nitrogens with zero attached hydrogens (tertiary/aromatic N) is 2. The summed E-state index contributed by atoms with van der Waals surface area (Å²) in [5.74, 6) is 6.79. The first-order chi connectivity index (χ1) is 8.29. The average Bonchev–Trinajstić information content (AvgIpc) is 2.35. The van der Waals surface area contributed by atoms with Crippen LogP contribution in [-0.4, -0.2) is 28.2 Å². The number of hydrazine groups is 1. The number of nitrogens with one attached hydrogen (secondary N) is 2. The molecule has 0 saturated heterocycles. The van der Waals surface area contributed by atoms with Gasteiger partial charge in [0.1, 0.15) is 18.0 Å². The molecule has 1 heterocycles. The molecule has 6 nitrogen and oxygen atoms in total. The number of nitrogen functional groups attached to an aromatic ring is 1. The quantitative estimate of drug-likeness (QED) is 0.307. The molecule has 0 radical (unpaired) electrons. The molecule has 0 unspecified atom stereocenters. The van der Waals surface area contributed by atoms with Gasteiger partial charge < -0.3 is 15.8 Å². The molecule has 1 rings (SSSR count). The van der Waals surface area contributed by atoms with Gasteiger partial charge in [0.05, 0.1) is 0 Å². The third-order valence-corrected chi connectivity index (χ3v) is 2.60. The van der Waals surface area contributed by atoms with E-state index in [0.717, 1.165) is 43.6 Å². The van der Waals surface area contributed by atoms with Crippen molar-refractivity contribution in [3.63, 3.8) is 0 Å². The Balaban J connectivity index is 2.31. The highest BCUT2D eigenvalue weighted by atomic mass is 16.2. The van der Waals surface area contributed by atoms with Gasteiger partial charge in [-0.15, -0.1) is 0 Å². The predicted octanol–water partition coefficient (Wildman–Crippen LogP) is 1.04. The molecule has 0 fully saturated rings. The first-order valence-corrected chi connectivity index (χ1v) is 5.92. The van der Waals surface area contributed by atoms with Crippen molar-refractivity contribution in [2.45, 2.75) is 32.6 Å². The molecule has 0 aromatic carbocycles. The Morgan fingerprint density at radius 2 is 1.88 bits per heavy atom. The number of nitrogens with two attached hydrogens (primary N) is 1. The smallest absolute Gasteiger partial charge is 0.148 e. The van der Waals surface area contributed by atoms with Gasteiger partial charge in [-0.1, -0.05) is 12.8 Å². The lowest BCUT2D eigenvalue weighted by atomic mass is 10.2. The molecule has 0 spiro atoms. The highest BCUT2D eigenvalue weighted by molar-refractivity contribution is 5.55. The molecule has 6 heteroatoms. The molecule has 17 heavy (non-hydrogen) atoms. The first kappa shape index (κ1) is 13.7. The summed E-state index contributed by atoms with van der Waals surface area (Å²) in [7, 11) is 0. The zero-order valence-electron chi connectivity index (χ0n) is 10.2. The van der Waals surface area contributed by atoms with E-state index in [4.69, 9.17) is 10.9 Å². The fourth-order valence-electron chi connectivity index (χ4n) is 1.57. The van der Waals surface area contributed by atoms with Crippen LogP contribution in [0.15, 0.2) is 6.33 Å². The van der Waals surface area contributed by atoms with E-state index >= 15 is 0 Å². The lowest BCUT2D eigenvalue weighted by molar-refractivity contribution is 0.283. The van der Waals surface area contributed by atoms with Crippen molar-refractivity contribution in [2.24, 2.45) is 5.84 Å². The maximum absolute atomic E-state index is 8.64. The largest absolute Gasteiger partial charge is 0.396 e. The minimum atomic E-state index is 0.282. The van der Waals surface area contributed by atoms with Gasteiger partial charge >= 0.3 is 0 Å². The van der Waals surface area contributed by atoms with Crippen LogP contribution in [0.1, 0.15) is 31.2 Å². The summed E-state index contributed by atoms with van der Waals surface area (Å²) in [6, 6.07) is 0. The van der Waals surface area contributed by atoms with Crippen LogP contribution in [0.4, 0.5) is 11.6 Å². The van der Waals surface area contributed by atoms with Gasteiger partial charge in [-0.3, -0.25) is 0 Å². The van der Waals surface area contributed by atoms with E-state index in [2.05, 4.69) is 20.7 Å². The van der Waals surface area contributed by atoms with Crippen LogP contribution in [0.5, 0.6) is 0 Å². The Morgan fingerprint density at radius 1 is 1.18 bits per heavy atom. The summed E-state index contributed by atoms with van der Waals surface area (Å²) in [4.78, 5) is 8.17. The number of rotatable bonds is 8. The lowest BCUT2D eigenvalue weighted by Gasteiger charge is -2.10. The summed E-state index contributed by atoms with van der Waals surface area (Å²) in [5.41, 5.74) is 3.46. The Labute approximate surface area is 102 Å². The Morgan fingerprint density at radius 3 is 2.59 bits per heavy atom. The number of unbranched alkanes of at least 4 members (excludes halogenated alkanes) is 3. The maximum atomic E-state index is 8.64. The Kier molecular flexibility index (Phi) is 6.27. The van der Waals surface area contributed by atoms with Crippen molar-refractivity contribution < 1.29 is 5.11 Å². The summed E-state index contributed by atoms with van der Waals surface area (Å²) >= 11 is 0. The monoisotopic (exact) mass is 239 g/mol. The van der Waals surface area contributed by atoms with E-state index in [0.29, 0.717) is 5.82 Å². The summed E-state index contributed by atoms with van der Waals surface area (Å²) < 4.78 is 0. The molecule has 96 valence electrons. The van der Waals surface area contributed by atoms with E-state index in [1.807, 2.05) is 6.92 Å². The van der Waals surface area contributed by atoms with Crippen molar-refractivity contribution in [3.8, 4) is 0 Å². The highest BCUT2D eigenvalue weighted by Crippen LogP contribution is 2.16. The van der Waals surface area contributed by atoms with Crippen LogP contribution in [-0.2, 0) is 0 Å². The highest BCUT2D eigenvalue weighted by Gasteiger charge is 2.04. The molecule has 0 aliphatic carbocycles. The van der Waals surface area contributed by atoms with Gasteiger partial charge in [0.25, 0.3) is 0 Å². The van der Waals surface area contributed by atoms with Crippen LogP contribution < -0.4 is 16.6 Å². The van der Waals surface area contributed by atoms with Gasteiger partial charge in [0.15, 0.2) is 0 Å². The number of hydrogen-bond donors (Lipinski definition) is 4. The lowest BCUT2D eigenvalue weighted by Crippen LogP contribution is -2.13. The molecule has 0 atom stereocenters. The minimum Gasteiger partial charge on any atom is -0.396 e. The molecule has 0 aliphatic rings. The third-order valence-electron chi connectivity index (χ3n) is 2.60. The van der Waals surface area contributed by atoms with Crippen LogP contribution in [0, 0.1) is 6.92 Å². The van der Waals surface area contributed by atoms with Crippen LogP contribution in [0.25, 0.3) is 0 Å². The van der Waals surface area contributed by atoms with Gasteiger partial charge in [-0.05, 0) is 19.8 Å². The van der Waals surface area contributed by atoms with Crippen molar-refractivity contribution in [1.29, 1.82) is 0 Å². The zero-order chi connectivity index (χ0) is 12.5. The van der Waals surface area contributed by atoms with E-state index in [1.54, 1.807) is 0 Å². The second-order valence-corrected chi connectivity index (χ2v) is 3.90. The molecular formula is C11H21N5O. The maximum Gasteiger partial charge on any atom is 0.148 e. The fourth-order valence-corrected chi connectivity index (χ4v) is 1.57. The summed E-state index contributed by atoms with van der Waals surface area (Å²) in [6.07, 6.45) is 5.61. The number of anilines is 2. The van der Waals surface area contributed by atoms with E-state index in [9.17, 15) is 0 Å². The SMILES string of the molecule is Cc1c(NN)ncnc1NCCCCCCO. The van der Waals surface area contributed by atoms with Crippen molar-refractivity contribution in [3.05, 3.63) is 11.9 Å². The molecule has 0 aliphatic heterocycles. The molecule has 1 aromatic rings. The first-order valence-electron chi connectivity index (χ1n) is 5.92. The minimum absolute atomic E-state index is 0.282. The van der Waals surface area contributed by atoms with Crippen molar-refractivity contribution in [2.75, 3.05) is 23.9 Å². The van der Waals surface area contributed by atoms with Gasteiger partial charge in [0.2, 0.25) is 0 Å². The Bertz CT molecular complexity index is 332. The van der Waals surface area contributed by atoms with Crippen molar-refractivity contribution >= 4 is 11.6 Å². The average molecular weight is 239 g/mol. The summed E-state index contributed by atoms with van der Waals surface area (Å²) in [6.45, 7) is 3.07. The standard InChI is InChI=1S/C11H21N5O/c1-9-10(14-8-15-11(9)16-12)13-6-4-2-3-5-7-17/h8,17H,2-7,12H2,1H3,(H2,13,14,15,16). The van der Waals surface area contributed by atoms with Gasteiger partial charge in [-0.2, -0.15) is 0 Å². The topological polar surface area (TPSA) is 96.1 Å². The second kappa shape index (κ2) is 7.81. The fraction of sp³-hybridized carbons (Fsp3) is 0.636. The summed E-state index contributed by atoms with van der Waals surface area (Å²) in [5, 5.41) is 11.9. The van der Waals surface area contributed by atoms with Crippen LogP contribution in [0.2, 0.25) is 0 Å². The molecule has 0 bridgehead atoms. The number of aliphatic hydroxyl groups excluding tert-OH is 1.